The van der Waals surface area contributed by atoms with Crippen LogP contribution in [0.4, 0.5) is 4.79 Å². The number of benzene rings is 2. The lowest BCUT2D eigenvalue weighted by molar-refractivity contribution is -0.118. The molecule has 132 valence electrons. The topological polar surface area (TPSA) is 102 Å². The van der Waals surface area contributed by atoms with Crippen LogP contribution in [-0.2, 0) is 26.2 Å². The molecule has 2 aromatic carbocycles. The van der Waals surface area contributed by atoms with E-state index in [2.05, 4.69) is 5.32 Å². The summed E-state index contributed by atoms with van der Waals surface area (Å²) < 4.78 is 30.8. The summed E-state index contributed by atoms with van der Waals surface area (Å²) in [5.74, 6) is -0.920. The van der Waals surface area contributed by atoms with Crippen LogP contribution < -0.4 is 10.0 Å². The molecule has 9 heteroatoms. The predicted molar refractivity (Wildman–Crippen MR) is 91.4 cm³/mol. The van der Waals surface area contributed by atoms with Gasteiger partial charge in [0.1, 0.15) is 18.0 Å². The van der Waals surface area contributed by atoms with Gasteiger partial charge in [-0.1, -0.05) is 54.1 Å². The van der Waals surface area contributed by atoms with Gasteiger partial charge in [-0.15, -0.1) is 0 Å². The van der Waals surface area contributed by atoms with Crippen LogP contribution in [0.5, 0.6) is 0 Å². The number of carbonyl (C=O) groups excluding carboxylic acids is 2. The summed E-state index contributed by atoms with van der Waals surface area (Å²) in [5, 5.41) is 2.16. The van der Waals surface area contributed by atoms with Gasteiger partial charge in [0.05, 0.1) is 5.02 Å². The monoisotopic (exact) mass is 382 g/mol. The first-order chi connectivity index (χ1) is 11.9. The first-order valence-electron chi connectivity index (χ1n) is 7.13. The molecule has 0 atom stereocenters. The Bertz CT molecular complexity index is 856. The van der Waals surface area contributed by atoms with E-state index in [4.69, 9.17) is 16.3 Å². The molecule has 0 saturated carbocycles. The summed E-state index contributed by atoms with van der Waals surface area (Å²) in [4.78, 5) is 23.0. The number of halogens is 1. The SMILES string of the molecule is O=C(CNC(=O)OCc1ccccc1)NS(=O)(=O)c1ccccc1Cl. The Labute approximate surface area is 150 Å². The van der Waals surface area contributed by atoms with E-state index in [0.29, 0.717) is 0 Å². The summed E-state index contributed by atoms with van der Waals surface area (Å²) in [5.41, 5.74) is 0.781. The number of nitrogens with one attached hydrogen (secondary N) is 2. The Morgan fingerprint density at radius 2 is 1.64 bits per heavy atom. The minimum Gasteiger partial charge on any atom is -0.445 e. The number of rotatable bonds is 6. The summed E-state index contributed by atoms with van der Waals surface area (Å²) in [6, 6.07) is 14.7. The zero-order valence-corrected chi connectivity index (χ0v) is 14.5. The molecular weight excluding hydrogens is 368 g/mol. The fraction of sp³-hybridized carbons (Fsp3) is 0.125. The molecule has 2 aromatic rings. The van der Waals surface area contributed by atoms with Crippen LogP contribution in [0.15, 0.2) is 59.5 Å². The van der Waals surface area contributed by atoms with Gasteiger partial charge in [0.2, 0.25) is 0 Å². The zero-order valence-electron chi connectivity index (χ0n) is 12.9. The van der Waals surface area contributed by atoms with Gasteiger partial charge < -0.3 is 10.1 Å². The molecule has 0 spiro atoms. The Balaban J connectivity index is 1.82. The Morgan fingerprint density at radius 3 is 2.32 bits per heavy atom. The van der Waals surface area contributed by atoms with E-state index in [1.807, 2.05) is 10.8 Å². The molecule has 0 aliphatic heterocycles. The lowest BCUT2D eigenvalue weighted by atomic mass is 10.2. The largest absolute Gasteiger partial charge is 0.445 e. The molecule has 0 radical (unpaired) electrons. The maximum atomic E-state index is 12.1. The normalized spacial score (nSPS) is 10.8. The summed E-state index contributed by atoms with van der Waals surface area (Å²) in [7, 11) is -4.12. The Kier molecular flexibility index (Phi) is 6.37. The number of amides is 2. The average molecular weight is 383 g/mol. The highest BCUT2D eigenvalue weighted by atomic mass is 35.5. The second kappa shape index (κ2) is 8.50. The molecule has 0 bridgehead atoms. The fourth-order valence-corrected chi connectivity index (χ4v) is 3.33. The number of ether oxygens (including phenoxy) is 1. The van der Waals surface area contributed by atoms with Crippen molar-refractivity contribution in [3.8, 4) is 0 Å². The third-order valence-electron chi connectivity index (χ3n) is 2.98. The van der Waals surface area contributed by atoms with Crippen molar-refractivity contribution in [3.05, 3.63) is 65.2 Å². The lowest BCUT2D eigenvalue weighted by Gasteiger charge is -2.09. The van der Waals surface area contributed by atoms with E-state index >= 15 is 0 Å². The van der Waals surface area contributed by atoms with Gasteiger partial charge in [0.25, 0.3) is 15.9 Å². The fourth-order valence-electron chi connectivity index (χ4n) is 1.83. The molecule has 2 amide bonds. The van der Waals surface area contributed by atoms with Crippen molar-refractivity contribution in [2.75, 3.05) is 6.54 Å². The first kappa shape index (κ1) is 18.8. The quantitative estimate of drug-likeness (QED) is 0.796. The summed E-state index contributed by atoms with van der Waals surface area (Å²) >= 11 is 5.80. The number of hydrogen-bond acceptors (Lipinski definition) is 5. The van der Waals surface area contributed by atoms with Crippen LogP contribution in [-0.4, -0.2) is 27.0 Å². The van der Waals surface area contributed by atoms with E-state index in [0.717, 1.165) is 5.56 Å². The molecule has 0 aliphatic carbocycles. The van der Waals surface area contributed by atoms with E-state index in [9.17, 15) is 18.0 Å². The van der Waals surface area contributed by atoms with Crippen LogP contribution in [0.25, 0.3) is 0 Å². The van der Waals surface area contributed by atoms with Crippen LogP contribution in [0.1, 0.15) is 5.56 Å². The van der Waals surface area contributed by atoms with Crippen molar-refractivity contribution in [2.45, 2.75) is 11.5 Å². The van der Waals surface area contributed by atoms with Gasteiger partial charge in [-0.2, -0.15) is 0 Å². The van der Waals surface area contributed by atoms with Gasteiger partial charge >= 0.3 is 6.09 Å². The van der Waals surface area contributed by atoms with Crippen molar-refractivity contribution >= 4 is 33.6 Å². The first-order valence-corrected chi connectivity index (χ1v) is 8.99. The number of carbonyl (C=O) groups is 2. The van der Waals surface area contributed by atoms with Gasteiger partial charge in [-0.05, 0) is 17.7 Å². The van der Waals surface area contributed by atoms with Crippen molar-refractivity contribution in [1.29, 1.82) is 0 Å². The maximum absolute atomic E-state index is 12.1. The summed E-state index contributed by atoms with van der Waals surface area (Å²) in [6.45, 7) is -0.524. The third-order valence-corrected chi connectivity index (χ3v) is 4.85. The lowest BCUT2D eigenvalue weighted by Crippen LogP contribution is -2.40. The van der Waals surface area contributed by atoms with Crippen molar-refractivity contribution in [3.63, 3.8) is 0 Å². The molecule has 0 heterocycles. The molecule has 2 N–H and O–H groups in total. The molecule has 25 heavy (non-hydrogen) atoms. The molecule has 2 rings (SSSR count). The number of hydrogen-bond donors (Lipinski definition) is 2. The van der Waals surface area contributed by atoms with Crippen molar-refractivity contribution in [1.82, 2.24) is 10.0 Å². The minimum absolute atomic E-state index is 0.0157. The standard InChI is InChI=1S/C16H15ClN2O5S/c17-13-8-4-5-9-14(13)25(22,23)19-15(20)10-18-16(21)24-11-12-6-2-1-3-7-12/h1-9H,10-11H2,(H,18,21)(H,19,20). The second-order valence-corrected chi connectivity index (χ2v) is 6.93. The average Bonchev–Trinajstić information content (AvgIpc) is 2.59. The van der Waals surface area contributed by atoms with Gasteiger partial charge in [-0.3, -0.25) is 4.79 Å². The van der Waals surface area contributed by atoms with E-state index in [-0.39, 0.29) is 16.5 Å². The van der Waals surface area contributed by atoms with Gasteiger partial charge in [0.15, 0.2) is 0 Å². The zero-order chi connectivity index (χ0) is 18.3. The molecule has 0 fully saturated rings. The highest BCUT2D eigenvalue weighted by Crippen LogP contribution is 2.19. The van der Waals surface area contributed by atoms with Gasteiger partial charge in [-0.25, -0.2) is 17.9 Å². The highest BCUT2D eigenvalue weighted by molar-refractivity contribution is 7.90. The Morgan fingerprint density at radius 1 is 1.00 bits per heavy atom. The van der Waals surface area contributed by atoms with Crippen LogP contribution in [0.3, 0.4) is 0 Å². The Hall–Kier alpha value is -2.58. The molecule has 7 nitrogen and oxygen atoms in total. The molecule has 0 unspecified atom stereocenters. The molecular formula is C16H15ClN2O5S. The van der Waals surface area contributed by atoms with Crippen molar-refractivity contribution < 1.29 is 22.7 Å². The molecule has 0 aliphatic rings. The minimum atomic E-state index is -4.12. The second-order valence-electron chi connectivity index (χ2n) is 4.87. The van der Waals surface area contributed by atoms with E-state index < -0.39 is 28.6 Å². The maximum Gasteiger partial charge on any atom is 0.407 e. The smallest absolute Gasteiger partial charge is 0.407 e. The van der Waals surface area contributed by atoms with E-state index in [1.165, 1.54) is 18.2 Å². The third kappa shape index (κ3) is 5.77. The van der Waals surface area contributed by atoms with Gasteiger partial charge in [0, 0.05) is 0 Å². The molecule has 0 saturated heterocycles. The van der Waals surface area contributed by atoms with Crippen LogP contribution >= 0.6 is 11.6 Å². The number of sulfonamides is 1. The van der Waals surface area contributed by atoms with Crippen LogP contribution in [0.2, 0.25) is 5.02 Å². The predicted octanol–water partition coefficient (Wildman–Crippen LogP) is 2.07. The summed E-state index contributed by atoms with van der Waals surface area (Å²) in [6.07, 6.45) is -0.839. The highest BCUT2D eigenvalue weighted by Gasteiger charge is 2.20. The molecule has 0 aromatic heterocycles. The van der Waals surface area contributed by atoms with Crippen molar-refractivity contribution in [2.24, 2.45) is 0 Å². The van der Waals surface area contributed by atoms with Crippen LogP contribution in [0, 0.1) is 0 Å². The van der Waals surface area contributed by atoms with E-state index in [1.54, 1.807) is 30.3 Å². The number of alkyl carbamates (subject to hydrolysis) is 1.